The molecule has 0 saturated heterocycles. The number of amides is 2. The van der Waals surface area contributed by atoms with Crippen molar-refractivity contribution in [2.45, 2.75) is 6.92 Å². The van der Waals surface area contributed by atoms with Crippen LogP contribution in [0.1, 0.15) is 22.8 Å². The van der Waals surface area contributed by atoms with E-state index in [1.54, 1.807) is 36.4 Å². The van der Waals surface area contributed by atoms with Gasteiger partial charge >= 0.3 is 0 Å². The van der Waals surface area contributed by atoms with Crippen molar-refractivity contribution in [1.29, 1.82) is 0 Å². The standard InChI is InChI=1S/C17H16BrN3O4/c1-10(22)20-13-5-3-4-12(8-13)17(24)21-19-9-11-6-14(18)16(23)15(7-11)25-2/h3-9,23H,1-2H3,(H,20,22)(H,21,24). The number of ether oxygens (including phenoxy) is 1. The first-order valence-electron chi connectivity index (χ1n) is 7.18. The molecule has 2 rings (SSSR count). The first kappa shape index (κ1) is 18.5. The predicted molar refractivity (Wildman–Crippen MR) is 98.2 cm³/mol. The van der Waals surface area contributed by atoms with Gasteiger partial charge in [-0.15, -0.1) is 0 Å². The number of phenolic OH excluding ortho intramolecular Hbond substituents is 1. The Hall–Kier alpha value is -2.87. The third-order valence-electron chi connectivity index (χ3n) is 3.10. The topological polar surface area (TPSA) is 100 Å². The first-order chi connectivity index (χ1) is 11.9. The lowest BCUT2D eigenvalue weighted by atomic mass is 10.2. The Morgan fingerprint density at radius 2 is 2.04 bits per heavy atom. The number of carbonyl (C=O) groups excluding carboxylic acids is 2. The third-order valence-corrected chi connectivity index (χ3v) is 3.70. The largest absolute Gasteiger partial charge is 0.503 e. The van der Waals surface area contributed by atoms with E-state index < -0.39 is 5.91 Å². The van der Waals surface area contributed by atoms with E-state index in [0.29, 0.717) is 21.3 Å². The summed E-state index contributed by atoms with van der Waals surface area (Å²) in [5.74, 6) is -0.376. The SMILES string of the molecule is COc1cc(C=NNC(=O)c2cccc(NC(C)=O)c2)cc(Br)c1O. The van der Waals surface area contributed by atoms with E-state index >= 15 is 0 Å². The fraction of sp³-hybridized carbons (Fsp3) is 0.118. The summed E-state index contributed by atoms with van der Waals surface area (Å²) in [4.78, 5) is 23.2. The number of hydrogen-bond donors (Lipinski definition) is 3. The lowest BCUT2D eigenvalue weighted by molar-refractivity contribution is -0.114. The highest BCUT2D eigenvalue weighted by atomic mass is 79.9. The van der Waals surface area contributed by atoms with Crippen molar-refractivity contribution in [3.63, 3.8) is 0 Å². The maximum Gasteiger partial charge on any atom is 0.271 e. The van der Waals surface area contributed by atoms with E-state index in [-0.39, 0.29) is 17.4 Å². The molecule has 130 valence electrons. The summed E-state index contributed by atoms with van der Waals surface area (Å²) >= 11 is 3.21. The molecule has 0 fully saturated rings. The molecule has 0 unspecified atom stereocenters. The Kier molecular flexibility index (Phi) is 6.13. The van der Waals surface area contributed by atoms with Gasteiger partial charge in [-0.3, -0.25) is 9.59 Å². The molecule has 2 aromatic carbocycles. The zero-order valence-corrected chi connectivity index (χ0v) is 15.1. The maximum absolute atomic E-state index is 12.1. The fourth-order valence-corrected chi connectivity index (χ4v) is 2.46. The monoisotopic (exact) mass is 405 g/mol. The van der Waals surface area contributed by atoms with Crippen LogP contribution in [0.4, 0.5) is 5.69 Å². The molecule has 0 radical (unpaired) electrons. The molecule has 0 aliphatic heterocycles. The molecule has 2 aromatic rings. The summed E-state index contributed by atoms with van der Waals surface area (Å²) in [6.07, 6.45) is 1.42. The van der Waals surface area contributed by atoms with Crippen LogP contribution in [0.3, 0.4) is 0 Å². The molecule has 0 aliphatic carbocycles. The predicted octanol–water partition coefficient (Wildman–Crippen LogP) is 2.89. The van der Waals surface area contributed by atoms with Crippen LogP contribution in [0.15, 0.2) is 46.0 Å². The van der Waals surface area contributed by atoms with Gasteiger partial charge in [-0.25, -0.2) is 5.43 Å². The second-order valence-electron chi connectivity index (χ2n) is 5.01. The number of benzene rings is 2. The highest BCUT2D eigenvalue weighted by molar-refractivity contribution is 9.10. The highest BCUT2D eigenvalue weighted by Crippen LogP contribution is 2.34. The van der Waals surface area contributed by atoms with Crippen molar-refractivity contribution in [2.24, 2.45) is 5.10 Å². The fourth-order valence-electron chi connectivity index (χ4n) is 2.00. The van der Waals surface area contributed by atoms with Gasteiger partial charge in [0.05, 0.1) is 17.8 Å². The number of halogens is 1. The smallest absolute Gasteiger partial charge is 0.271 e. The van der Waals surface area contributed by atoms with E-state index in [4.69, 9.17) is 4.74 Å². The van der Waals surface area contributed by atoms with Crippen LogP contribution in [0.25, 0.3) is 0 Å². The van der Waals surface area contributed by atoms with E-state index in [9.17, 15) is 14.7 Å². The molecule has 0 aliphatic rings. The molecule has 0 aromatic heterocycles. The normalized spacial score (nSPS) is 10.5. The number of nitrogens with zero attached hydrogens (tertiary/aromatic N) is 1. The minimum atomic E-state index is -0.423. The molecule has 0 saturated carbocycles. The minimum Gasteiger partial charge on any atom is -0.503 e. The Bertz CT molecular complexity index is 837. The van der Waals surface area contributed by atoms with Gasteiger partial charge < -0.3 is 15.2 Å². The van der Waals surface area contributed by atoms with Crippen molar-refractivity contribution in [1.82, 2.24) is 5.43 Å². The molecule has 8 heteroatoms. The number of phenols is 1. The molecule has 2 amide bonds. The zero-order valence-electron chi connectivity index (χ0n) is 13.5. The van der Waals surface area contributed by atoms with Crippen LogP contribution in [-0.4, -0.2) is 30.2 Å². The Morgan fingerprint density at radius 3 is 2.72 bits per heavy atom. The number of aromatic hydroxyl groups is 1. The van der Waals surface area contributed by atoms with Gasteiger partial charge in [-0.2, -0.15) is 5.10 Å². The zero-order chi connectivity index (χ0) is 18.4. The minimum absolute atomic E-state index is 0.0153. The van der Waals surface area contributed by atoms with Crippen molar-refractivity contribution >= 4 is 39.6 Å². The number of carbonyl (C=O) groups is 2. The van der Waals surface area contributed by atoms with Gasteiger partial charge in [0.1, 0.15) is 0 Å². The molecule has 0 spiro atoms. The van der Waals surface area contributed by atoms with Crippen LogP contribution in [0.2, 0.25) is 0 Å². The summed E-state index contributed by atoms with van der Waals surface area (Å²) < 4.78 is 5.49. The number of anilines is 1. The third kappa shape index (κ3) is 5.05. The van der Waals surface area contributed by atoms with Gasteiger partial charge in [0.2, 0.25) is 5.91 Å². The lowest BCUT2D eigenvalue weighted by Crippen LogP contribution is -2.18. The quantitative estimate of drug-likeness (QED) is 0.525. The second-order valence-corrected chi connectivity index (χ2v) is 5.87. The van der Waals surface area contributed by atoms with Crippen molar-refractivity contribution in [3.8, 4) is 11.5 Å². The Morgan fingerprint density at radius 1 is 1.28 bits per heavy atom. The molecule has 25 heavy (non-hydrogen) atoms. The molecule has 0 atom stereocenters. The summed E-state index contributed by atoms with van der Waals surface area (Å²) in [6.45, 7) is 1.39. The van der Waals surface area contributed by atoms with E-state index in [2.05, 4.69) is 31.8 Å². The van der Waals surface area contributed by atoms with Crippen LogP contribution in [0.5, 0.6) is 11.5 Å². The van der Waals surface area contributed by atoms with Gasteiger partial charge in [-0.05, 0) is 51.8 Å². The molecular formula is C17H16BrN3O4. The molecule has 3 N–H and O–H groups in total. The van der Waals surface area contributed by atoms with Gasteiger partial charge in [0.25, 0.3) is 5.91 Å². The highest BCUT2D eigenvalue weighted by Gasteiger charge is 2.08. The van der Waals surface area contributed by atoms with Gasteiger partial charge in [0.15, 0.2) is 11.5 Å². The molecular weight excluding hydrogens is 390 g/mol. The van der Waals surface area contributed by atoms with Crippen molar-refractivity contribution < 1.29 is 19.4 Å². The van der Waals surface area contributed by atoms with Crippen molar-refractivity contribution in [2.75, 3.05) is 12.4 Å². The second kappa shape index (κ2) is 8.29. The summed E-state index contributed by atoms with van der Waals surface area (Å²) in [7, 11) is 1.44. The van der Waals surface area contributed by atoms with E-state index in [1.165, 1.54) is 20.2 Å². The van der Waals surface area contributed by atoms with E-state index in [1.807, 2.05) is 0 Å². The van der Waals surface area contributed by atoms with Crippen LogP contribution < -0.4 is 15.5 Å². The average molecular weight is 406 g/mol. The molecule has 0 heterocycles. The summed E-state index contributed by atoms with van der Waals surface area (Å²) in [6, 6.07) is 9.70. The number of hydrazone groups is 1. The number of methoxy groups -OCH3 is 1. The molecule has 7 nitrogen and oxygen atoms in total. The van der Waals surface area contributed by atoms with Crippen LogP contribution in [-0.2, 0) is 4.79 Å². The number of rotatable bonds is 5. The first-order valence-corrected chi connectivity index (χ1v) is 7.97. The van der Waals surface area contributed by atoms with Crippen LogP contribution in [0, 0.1) is 0 Å². The van der Waals surface area contributed by atoms with Crippen molar-refractivity contribution in [3.05, 3.63) is 52.0 Å². The Balaban J connectivity index is 2.08. The average Bonchev–Trinajstić information content (AvgIpc) is 2.57. The van der Waals surface area contributed by atoms with Gasteiger partial charge in [-0.1, -0.05) is 6.07 Å². The van der Waals surface area contributed by atoms with Crippen LogP contribution >= 0.6 is 15.9 Å². The number of hydrogen-bond acceptors (Lipinski definition) is 5. The summed E-state index contributed by atoms with van der Waals surface area (Å²) in [5.41, 5.74) is 3.90. The summed E-state index contributed by atoms with van der Waals surface area (Å²) in [5, 5.41) is 16.2. The Labute approximate surface area is 152 Å². The maximum atomic E-state index is 12.1. The lowest BCUT2D eigenvalue weighted by Gasteiger charge is -2.06. The number of nitrogens with one attached hydrogen (secondary N) is 2. The molecule has 0 bridgehead atoms. The van der Waals surface area contributed by atoms with Gasteiger partial charge in [0, 0.05) is 18.2 Å². The van der Waals surface area contributed by atoms with E-state index in [0.717, 1.165) is 0 Å².